The highest BCUT2D eigenvalue weighted by molar-refractivity contribution is 14.1. The van der Waals surface area contributed by atoms with E-state index in [4.69, 9.17) is 11.6 Å². The Kier molecular flexibility index (Phi) is 4.70. The molecule has 1 unspecified atom stereocenters. The molecule has 0 aliphatic carbocycles. The van der Waals surface area contributed by atoms with E-state index in [1.807, 2.05) is 12.1 Å². The van der Waals surface area contributed by atoms with Crippen molar-refractivity contribution in [1.82, 2.24) is 0 Å². The lowest BCUT2D eigenvalue weighted by Gasteiger charge is -2.07. The summed E-state index contributed by atoms with van der Waals surface area (Å²) in [6, 6.07) is 10.3. The zero-order valence-corrected chi connectivity index (χ0v) is 13.6. The Morgan fingerprint density at radius 2 is 2.00 bits per heavy atom. The zero-order valence-electron chi connectivity index (χ0n) is 8.29. The third kappa shape index (κ3) is 3.45. The first-order valence-electron chi connectivity index (χ1n) is 4.77. The van der Waals surface area contributed by atoms with Gasteiger partial charge in [-0.25, -0.2) is 0 Å². The van der Waals surface area contributed by atoms with Gasteiger partial charge in [-0.05, 0) is 63.7 Å². The molecular formula is C12H9BrClIS. The highest BCUT2D eigenvalue weighted by atomic mass is 127. The first-order chi connectivity index (χ1) is 7.65. The van der Waals surface area contributed by atoms with Crippen LogP contribution in [0, 0.1) is 2.88 Å². The average molecular weight is 428 g/mol. The molecule has 4 heteroatoms. The smallest absolute Gasteiger partial charge is 0.0656 e. The van der Waals surface area contributed by atoms with E-state index in [9.17, 15) is 0 Å². The van der Waals surface area contributed by atoms with Crippen LogP contribution in [-0.2, 0) is 6.42 Å². The lowest BCUT2D eigenvalue weighted by molar-refractivity contribution is 0.954. The molecule has 2 rings (SSSR count). The van der Waals surface area contributed by atoms with Gasteiger partial charge >= 0.3 is 0 Å². The Hall–Kier alpha value is 0.420. The second-order valence-electron chi connectivity index (χ2n) is 3.48. The van der Waals surface area contributed by atoms with Gasteiger partial charge in [-0.1, -0.05) is 39.7 Å². The predicted octanol–water partition coefficient (Wildman–Crippen LogP) is 5.68. The summed E-state index contributed by atoms with van der Waals surface area (Å²) in [5.74, 6) is 0. The SMILES string of the molecule is Clc1ccc(CC(Br)c2csc(I)c2)cc1. The van der Waals surface area contributed by atoms with Crippen LogP contribution in [0.1, 0.15) is 16.0 Å². The Balaban J connectivity index is 2.07. The molecule has 0 aliphatic rings. The van der Waals surface area contributed by atoms with Crippen molar-refractivity contribution in [2.24, 2.45) is 0 Å². The molecule has 16 heavy (non-hydrogen) atoms. The van der Waals surface area contributed by atoms with Gasteiger partial charge in [0, 0.05) is 9.85 Å². The summed E-state index contributed by atoms with van der Waals surface area (Å²) in [5.41, 5.74) is 2.65. The molecule has 0 amide bonds. The molecule has 2 aromatic rings. The number of halogens is 3. The van der Waals surface area contributed by atoms with Gasteiger partial charge in [0.2, 0.25) is 0 Å². The number of thiophene rings is 1. The summed E-state index contributed by atoms with van der Waals surface area (Å²) in [6.07, 6.45) is 0.990. The minimum Gasteiger partial charge on any atom is -0.137 e. The maximum Gasteiger partial charge on any atom is 0.0656 e. The Labute approximate surface area is 126 Å². The van der Waals surface area contributed by atoms with Gasteiger partial charge in [-0.2, -0.15) is 0 Å². The van der Waals surface area contributed by atoms with Crippen LogP contribution in [-0.4, -0.2) is 0 Å². The topological polar surface area (TPSA) is 0 Å². The lowest BCUT2D eigenvalue weighted by Crippen LogP contribution is -1.93. The van der Waals surface area contributed by atoms with Gasteiger partial charge in [0.15, 0.2) is 0 Å². The standard InChI is InChI=1S/C12H9BrClIS/c13-11(9-6-12(15)16-7-9)5-8-1-3-10(14)4-2-8/h1-4,6-7,11H,5H2. The molecule has 1 heterocycles. The summed E-state index contributed by atoms with van der Waals surface area (Å²) < 4.78 is 1.33. The molecule has 0 saturated heterocycles. The van der Waals surface area contributed by atoms with Gasteiger partial charge in [-0.15, -0.1) is 11.3 Å². The van der Waals surface area contributed by atoms with Crippen molar-refractivity contribution in [2.75, 3.05) is 0 Å². The van der Waals surface area contributed by atoms with Crippen LogP contribution in [0.15, 0.2) is 35.7 Å². The van der Waals surface area contributed by atoms with Gasteiger partial charge in [0.25, 0.3) is 0 Å². The van der Waals surface area contributed by atoms with Crippen molar-refractivity contribution >= 4 is 61.5 Å². The molecule has 1 atom stereocenters. The first kappa shape index (κ1) is 12.9. The van der Waals surface area contributed by atoms with E-state index < -0.39 is 0 Å². The van der Waals surface area contributed by atoms with E-state index in [-0.39, 0.29) is 0 Å². The van der Waals surface area contributed by atoms with Crippen molar-refractivity contribution in [1.29, 1.82) is 0 Å². The van der Waals surface area contributed by atoms with Crippen molar-refractivity contribution in [3.05, 3.63) is 54.7 Å². The minimum atomic E-state index is 0.383. The molecule has 0 fully saturated rings. The maximum absolute atomic E-state index is 5.86. The van der Waals surface area contributed by atoms with Crippen LogP contribution < -0.4 is 0 Å². The predicted molar refractivity (Wildman–Crippen MR) is 83.9 cm³/mol. The molecule has 0 bridgehead atoms. The normalized spacial score (nSPS) is 12.7. The fourth-order valence-electron chi connectivity index (χ4n) is 1.43. The van der Waals surface area contributed by atoms with Gasteiger partial charge < -0.3 is 0 Å². The number of rotatable bonds is 3. The molecule has 1 aromatic carbocycles. The largest absolute Gasteiger partial charge is 0.137 e. The molecule has 0 radical (unpaired) electrons. The third-order valence-corrected chi connectivity index (χ3v) is 5.19. The first-order valence-corrected chi connectivity index (χ1v) is 8.03. The van der Waals surface area contributed by atoms with Crippen LogP contribution in [0.3, 0.4) is 0 Å². The van der Waals surface area contributed by atoms with Crippen molar-refractivity contribution in [3.63, 3.8) is 0 Å². The van der Waals surface area contributed by atoms with E-state index in [1.54, 1.807) is 11.3 Å². The summed E-state index contributed by atoms with van der Waals surface area (Å²) in [7, 11) is 0. The van der Waals surface area contributed by atoms with Crippen LogP contribution >= 0.6 is 61.5 Å². The second-order valence-corrected chi connectivity index (χ2v) is 7.83. The van der Waals surface area contributed by atoms with Crippen molar-refractivity contribution < 1.29 is 0 Å². The van der Waals surface area contributed by atoms with Crippen molar-refractivity contribution in [2.45, 2.75) is 11.2 Å². The second kappa shape index (κ2) is 5.85. The van der Waals surface area contributed by atoms with Crippen LogP contribution in [0.4, 0.5) is 0 Å². The van der Waals surface area contributed by atoms with E-state index >= 15 is 0 Å². The van der Waals surface area contributed by atoms with E-state index in [0.29, 0.717) is 4.83 Å². The highest BCUT2D eigenvalue weighted by Crippen LogP contribution is 2.31. The molecule has 0 aliphatic heterocycles. The van der Waals surface area contributed by atoms with Crippen LogP contribution in [0.25, 0.3) is 0 Å². The molecule has 0 N–H and O–H groups in total. The Morgan fingerprint density at radius 1 is 1.31 bits per heavy atom. The fraction of sp³-hybridized carbons (Fsp3) is 0.167. The Bertz CT molecular complexity index is 466. The molecule has 0 spiro atoms. The maximum atomic E-state index is 5.86. The van der Waals surface area contributed by atoms with Crippen LogP contribution in [0.2, 0.25) is 5.02 Å². The summed E-state index contributed by atoms with van der Waals surface area (Å²) in [6.45, 7) is 0. The molecule has 0 nitrogen and oxygen atoms in total. The minimum absolute atomic E-state index is 0.383. The summed E-state index contributed by atoms with van der Waals surface area (Å²) in [5, 5.41) is 3.00. The van der Waals surface area contributed by atoms with E-state index in [0.717, 1.165) is 11.4 Å². The van der Waals surface area contributed by atoms with Crippen molar-refractivity contribution in [3.8, 4) is 0 Å². The number of alkyl halides is 1. The highest BCUT2D eigenvalue weighted by Gasteiger charge is 2.10. The summed E-state index contributed by atoms with van der Waals surface area (Å²) >= 11 is 13.7. The molecule has 1 aromatic heterocycles. The average Bonchev–Trinajstić information content (AvgIpc) is 2.68. The van der Waals surface area contributed by atoms with E-state index in [2.05, 4.69) is 62.1 Å². The lowest BCUT2D eigenvalue weighted by atomic mass is 10.1. The molecular weight excluding hydrogens is 418 g/mol. The van der Waals surface area contributed by atoms with Crippen LogP contribution in [0.5, 0.6) is 0 Å². The molecule has 84 valence electrons. The monoisotopic (exact) mass is 426 g/mol. The summed E-state index contributed by atoms with van der Waals surface area (Å²) in [4.78, 5) is 0.383. The number of hydrogen-bond acceptors (Lipinski definition) is 1. The van der Waals surface area contributed by atoms with E-state index in [1.165, 1.54) is 14.0 Å². The third-order valence-electron chi connectivity index (χ3n) is 2.28. The van der Waals surface area contributed by atoms with Gasteiger partial charge in [0.05, 0.1) is 2.88 Å². The zero-order chi connectivity index (χ0) is 11.5. The van der Waals surface area contributed by atoms with Gasteiger partial charge in [0.1, 0.15) is 0 Å². The molecule has 0 saturated carbocycles. The fourth-order valence-corrected chi connectivity index (χ4v) is 3.80. The van der Waals surface area contributed by atoms with Gasteiger partial charge in [-0.3, -0.25) is 0 Å². The Morgan fingerprint density at radius 3 is 2.56 bits per heavy atom. The number of benzene rings is 1. The quantitative estimate of drug-likeness (QED) is 0.436. The number of hydrogen-bond donors (Lipinski definition) is 0.